The van der Waals surface area contributed by atoms with E-state index in [0.717, 1.165) is 36.0 Å². The number of aryl methyl sites for hydroxylation is 1. The highest BCUT2D eigenvalue weighted by Crippen LogP contribution is 2.34. The molecule has 1 heterocycles. The molecule has 3 rings (SSSR count). The molecule has 0 saturated carbocycles. The molecule has 1 N–H and O–H groups in total. The molecule has 0 atom stereocenters. The van der Waals surface area contributed by atoms with Crippen LogP contribution in [0.4, 0.5) is 20.2 Å². The van der Waals surface area contributed by atoms with Gasteiger partial charge >= 0.3 is 0 Å². The summed E-state index contributed by atoms with van der Waals surface area (Å²) in [7, 11) is 1.68. The van der Waals surface area contributed by atoms with Crippen LogP contribution in [0.25, 0.3) is 0 Å². The summed E-state index contributed by atoms with van der Waals surface area (Å²) >= 11 is 1.01. The van der Waals surface area contributed by atoms with E-state index in [1.54, 1.807) is 11.6 Å². The number of benzene rings is 2. The van der Waals surface area contributed by atoms with Crippen molar-refractivity contribution in [2.45, 2.75) is 10.1 Å². The Morgan fingerprint density at radius 3 is 2.70 bits per heavy atom. The zero-order valence-electron chi connectivity index (χ0n) is 13.7. The summed E-state index contributed by atoms with van der Waals surface area (Å²) in [5.41, 5.74) is -0.761. The largest absolute Gasteiger partial charge is 0.319 e. The van der Waals surface area contributed by atoms with E-state index in [-0.39, 0.29) is 21.8 Å². The zero-order valence-corrected chi connectivity index (χ0v) is 14.5. The van der Waals surface area contributed by atoms with Gasteiger partial charge in [-0.15, -0.1) is 10.2 Å². The number of nitrogens with zero attached hydrogens (tertiary/aromatic N) is 4. The van der Waals surface area contributed by atoms with Crippen LogP contribution in [-0.4, -0.2) is 25.6 Å². The van der Waals surface area contributed by atoms with Gasteiger partial charge in [-0.3, -0.25) is 14.9 Å². The van der Waals surface area contributed by atoms with Gasteiger partial charge in [0.2, 0.25) is 0 Å². The molecule has 0 radical (unpaired) electrons. The third kappa shape index (κ3) is 4.08. The van der Waals surface area contributed by atoms with Gasteiger partial charge in [0.1, 0.15) is 18.0 Å². The lowest BCUT2D eigenvalue weighted by Crippen LogP contribution is -2.13. The van der Waals surface area contributed by atoms with Crippen molar-refractivity contribution in [1.82, 2.24) is 14.8 Å². The number of halogens is 2. The van der Waals surface area contributed by atoms with Gasteiger partial charge in [0, 0.05) is 24.7 Å². The number of nitro groups is 1. The number of carbonyl (C=O) groups excluding carboxylic acids is 1. The second kappa shape index (κ2) is 7.50. The second-order valence-corrected chi connectivity index (χ2v) is 6.35. The Balaban J connectivity index is 1.89. The van der Waals surface area contributed by atoms with Gasteiger partial charge in [0.25, 0.3) is 11.6 Å². The van der Waals surface area contributed by atoms with E-state index in [0.29, 0.717) is 5.16 Å². The molecule has 0 aliphatic carbocycles. The number of anilines is 1. The Morgan fingerprint density at radius 1 is 1.26 bits per heavy atom. The number of amides is 1. The Morgan fingerprint density at radius 2 is 2.04 bits per heavy atom. The topological polar surface area (TPSA) is 103 Å². The predicted octanol–water partition coefficient (Wildman–Crippen LogP) is 3.41. The molecule has 2 aromatic carbocycles. The predicted molar refractivity (Wildman–Crippen MR) is 92.5 cm³/mol. The number of carbonyl (C=O) groups is 1. The molecular weight excluding hydrogens is 380 g/mol. The molecule has 0 aliphatic heterocycles. The highest BCUT2D eigenvalue weighted by atomic mass is 32.2. The fourth-order valence-electron chi connectivity index (χ4n) is 2.14. The molecule has 1 amide bonds. The lowest BCUT2D eigenvalue weighted by molar-refractivity contribution is -0.387. The van der Waals surface area contributed by atoms with Crippen LogP contribution in [0.5, 0.6) is 0 Å². The SMILES string of the molecule is Cn1cnnc1Sc1ccc(C(=O)Nc2cc(F)ccc2F)cc1[N+](=O)[O-]. The molecule has 0 unspecified atom stereocenters. The Labute approximate surface area is 155 Å². The maximum Gasteiger partial charge on any atom is 0.284 e. The van der Waals surface area contributed by atoms with Crippen LogP contribution in [-0.2, 0) is 7.05 Å². The average molecular weight is 391 g/mol. The van der Waals surface area contributed by atoms with E-state index in [2.05, 4.69) is 15.5 Å². The first-order valence-corrected chi connectivity index (χ1v) is 8.23. The first-order valence-electron chi connectivity index (χ1n) is 7.42. The fourth-order valence-corrected chi connectivity index (χ4v) is 2.99. The lowest BCUT2D eigenvalue weighted by Gasteiger charge is -2.08. The summed E-state index contributed by atoms with van der Waals surface area (Å²) in [6.07, 6.45) is 1.45. The van der Waals surface area contributed by atoms with Crippen molar-refractivity contribution in [3.8, 4) is 0 Å². The van der Waals surface area contributed by atoms with E-state index < -0.39 is 22.5 Å². The number of aromatic nitrogens is 3. The zero-order chi connectivity index (χ0) is 19.6. The van der Waals surface area contributed by atoms with Crippen LogP contribution >= 0.6 is 11.8 Å². The van der Waals surface area contributed by atoms with E-state index in [9.17, 15) is 23.7 Å². The number of hydrogen-bond acceptors (Lipinski definition) is 6. The van der Waals surface area contributed by atoms with Crippen LogP contribution in [0.2, 0.25) is 0 Å². The smallest absolute Gasteiger partial charge is 0.284 e. The molecule has 0 spiro atoms. The minimum atomic E-state index is -0.825. The molecule has 3 aromatic rings. The summed E-state index contributed by atoms with van der Waals surface area (Å²) in [5.74, 6) is -2.36. The van der Waals surface area contributed by atoms with Crippen molar-refractivity contribution in [1.29, 1.82) is 0 Å². The average Bonchev–Trinajstić information content (AvgIpc) is 3.03. The van der Waals surface area contributed by atoms with E-state index in [4.69, 9.17) is 0 Å². The fraction of sp³-hybridized carbons (Fsp3) is 0.0625. The molecule has 0 saturated heterocycles. The molecule has 27 heavy (non-hydrogen) atoms. The highest BCUT2D eigenvalue weighted by molar-refractivity contribution is 7.99. The molecular formula is C16H11F2N5O3S. The van der Waals surface area contributed by atoms with Gasteiger partial charge in [0.05, 0.1) is 15.5 Å². The van der Waals surface area contributed by atoms with Crippen LogP contribution < -0.4 is 5.32 Å². The van der Waals surface area contributed by atoms with E-state index in [1.165, 1.54) is 18.5 Å². The van der Waals surface area contributed by atoms with E-state index >= 15 is 0 Å². The molecule has 1 aromatic heterocycles. The first kappa shape index (κ1) is 18.5. The monoisotopic (exact) mass is 391 g/mol. The number of rotatable bonds is 5. The number of nitrogens with one attached hydrogen (secondary N) is 1. The van der Waals surface area contributed by atoms with Crippen molar-refractivity contribution in [3.63, 3.8) is 0 Å². The first-order chi connectivity index (χ1) is 12.8. The number of nitro benzene ring substituents is 1. The minimum Gasteiger partial charge on any atom is -0.319 e. The van der Waals surface area contributed by atoms with Gasteiger partial charge < -0.3 is 9.88 Å². The van der Waals surface area contributed by atoms with Gasteiger partial charge in [0.15, 0.2) is 5.16 Å². The van der Waals surface area contributed by atoms with E-state index in [1.807, 2.05) is 0 Å². The normalized spacial score (nSPS) is 10.6. The molecule has 138 valence electrons. The van der Waals surface area contributed by atoms with Gasteiger partial charge in [-0.25, -0.2) is 8.78 Å². The standard InChI is InChI=1S/C16H11F2N5O3S/c1-22-8-19-21-16(22)27-14-5-2-9(6-13(14)23(25)26)15(24)20-12-7-10(17)3-4-11(12)18/h2-8H,1H3,(H,20,24). The second-order valence-electron chi connectivity index (χ2n) is 5.34. The van der Waals surface area contributed by atoms with Crippen LogP contribution in [0.3, 0.4) is 0 Å². The van der Waals surface area contributed by atoms with Crippen LogP contribution in [0, 0.1) is 21.7 Å². The molecule has 8 nitrogen and oxygen atoms in total. The molecule has 0 bridgehead atoms. The van der Waals surface area contributed by atoms with Crippen molar-refractivity contribution in [3.05, 3.63) is 70.0 Å². The van der Waals surface area contributed by atoms with Gasteiger partial charge in [-0.05, 0) is 36.0 Å². The van der Waals surface area contributed by atoms with Crippen LogP contribution in [0.15, 0.2) is 52.8 Å². The Hall–Kier alpha value is -3.34. The summed E-state index contributed by atoms with van der Waals surface area (Å²) in [5, 5.41) is 21.5. The molecule has 11 heteroatoms. The minimum absolute atomic E-state index is 0.0762. The molecule has 0 fully saturated rings. The summed E-state index contributed by atoms with van der Waals surface area (Å²) in [4.78, 5) is 23.3. The Kier molecular flexibility index (Phi) is 5.12. The lowest BCUT2D eigenvalue weighted by atomic mass is 10.2. The highest BCUT2D eigenvalue weighted by Gasteiger charge is 2.20. The van der Waals surface area contributed by atoms with Crippen molar-refractivity contribution >= 4 is 29.0 Å². The molecule has 0 aliphatic rings. The van der Waals surface area contributed by atoms with Crippen molar-refractivity contribution in [2.75, 3.05) is 5.32 Å². The summed E-state index contributed by atoms with van der Waals surface area (Å²) in [6.45, 7) is 0. The van der Waals surface area contributed by atoms with Gasteiger partial charge in [-0.1, -0.05) is 0 Å². The summed E-state index contributed by atoms with van der Waals surface area (Å²) < 4.78 is 28.5. The third-order valence-corrected chi connectivity index (χ3v) is 4.58. The van der Waals surface area contributed by atoms with Crippen molar-refractivity contribution < 1.29 is 18.5 Å². The van der Waals surface area contributed by atoms with Crippen LogP contribution in [0.1, 0.15) is 10.4 Å². The Bertz CT molecular complexity index is 1040. The van der Waals surface area contributed by atoms with Gasteiger partial charge in [-0.2, -0.15) is 0 Å². The summed E-state index contributed by atoms with van der Waals surface area (Å²) in [6, 6.07) is 6.39. The number of hydrogen-bond donors (Lipinski definition) is 1. The maximum absolute atomic E-state index is 13.7. The van der Waals surface area contributed by atoms with Crippen molar-refractivity contribution in [2.24, 2.45) is 7.05 Å². The third-order valence-electron chi connectivity index (χ3n) is 3.47. The maximum atomic E-state index is 13.7. The quantitative estimate of drug-likeness (QED) is 0.528.